The van der Waals surface area contributed by atoms with E-state index in [0.717, 1.165) is 37.3 Å². The summed E-state index contributed by atoms with van der Waals surface area (Å²) in [5, 5.41) is 4.35. The van der Waals surface area contributed by atoms with Crippen molar-refractivity contribution in [2.45, 2.75) is 20.4 Å². The molecule has 8 heteroatoms. The van der Waals surface area contributed by atoms with Gasteiger partial charge in [-0.1, -0.05) is 19.0 Å². The first kappa shape index (κ1) is 23.9. The van der Waals surface area contributed by atoms with Gasteiger partial charge in [0.15, 0.2) is 0 Å². The Balaban J connectivity index is 1.72. The first-order valence-corrected chi connectivity index (χ1v) is 11.5. The summed E-state index contributed by atoms with van der Waals surface area (Å²) in [6.45, 7) is 8.18. The van der Waals surface area contributed by atoms with E-state index in [1.807, 2.05) is 13.8 Å². The second kappa shape index (κ2) is 10.3. The molecule has 0 radical (unpaired) electrons. The molecule has 0 aliphatic carbocycles. The standard InChI is InChI=1S/C26H30F2N4O2/c1-18(2)16-32(25(33)20-6-10-22(28)11-7-20)17-23-24(19-4-8-21(27)9-5-19)29-34-26(23)31-14-12-30(3)13-15-31/h4-11,18H,12-17H2,1-3H3. The third-order valence-corrected chi connectivity index (χ3v) is 5.99. The topological polar surface area (TPSA) is 52.8 Å². The number of likely N-dealkylation sites (N-methyl/N-ethyl adjacent to an activating group) is 1. The molecule has 1 aliphatic heterocycles. The lowest BCUT2D eigenvalue weighted by molar-refractivity contribution is 0.0723. The highest BCUT2D eigenvalue weighted by molar-refractivity contribution is 5.94. The number of hydrogen-bond donors (Lipinski definition) is 0. The lowest BCUT2D eigenvalue weighted by Crippen LogP contribution is -2.45. The summed E-state index contributed by atoms with van der Waals surface area (Å²) in [5.74, 6) is -0.0639. The lowest BCUT2D eigenvalue weighted by Gasteiger charge is -2.33. The molecular formula is C26H30F2N4O2. The molecule has 3 aromatic rings. The van der Waals surface area contributed by atoms with Crippen molar-refractivity contribution in [3.05, 3.63) is 71.3 Å². The Bertz CT molecular complexity index is 1100. The third kappa shape index (κ3) is 5.44. The minimum absolute atomic E-state index is 0.190. The van der Waals surface area contributed by atoms with Crippen LogP contribution in [0.2, 0.25) is 0 Å². The molecule has 1 aromatic heterocycles. The second-order valence-electron chi connectivity index (χ2n) is 9.20. The summed E-state index contributed by atoms with van der Waals surface area (Å²) in [6.07, 6.45) is 0. The first-order valence-electron chi connectivity index (χ1n) is 11.5. The van der Waals surface area contributed by atoms with Gasteiger partial charge in [-0.2, -0.15) is 0 Å². The average molecular weight is 469 g/mol. The number of carbonyl (C=O) groups excluding carboxylic acids is 1. The molecule has 1 aliphatic rings. The van der Waals surface area contributed by atoms with Gasteiger partial charge in [0.05, 0.1) is 12.1 Å². The van der Waals surface area contributed by atoms with E-state index in [1.165, 1.54) is 36.4 Å². The Morgan fingerprint density at radius 3 is 2.18 bits per heavy atom. The molecule has 1 amide bonds. The lowest BCUT2D eigenvalue weighted by atomic mass is 10.0. The van der Waals surface area contributed by atoms with Gasteiger partial charge in [0, 0.05) is 43.9 Å². The van der Waals surface area contributed by atoms with Crippen LogP contribution in [0, 0.1) is 17.6 Å². The summed E-state index contributed by atoms with van der Waals surface area (Å²) in [6, 6.07) is 11.7. The molecule has 180 valence electrons. The maximum atomic E-state index is 13.6. The van der Waals surface area contributed by atoms with Crippen LogP contribution >= 0.6 is 0 Å². The van der Waals surface area contributed by atoms with Crippen LogP contribution in [0.15, 0.2) is 53.1 Å². The fourth-order valence-corrected chi connectivity index (χ4v) is 4.16. The van der Waals surface area contributed by atoms with Crippen molar-refractivity contribution in [3.8, 4) is 11.3 Å². The third-order valence-electron chi connectivity index (χ3n) is 5.99. The van der Waals surface area contributed by atoms with Gasteiger partial charge < -0.3 is 19.2 Å². The maximum absolute atomic E-state index is 13.6. The van der Waals surface area contributed by atoms with Gasteiger partial charge in [0.1, 0.15) is 17.3 Å². The van der Waals surface area contributed by atoms with Gasteiger partial charge in [0.2, 0.25) is 5.88 Å². The average Bonchev–Trinajstić information content (AvgIpc) is 3.23. The second-order valence-corrected chi connectivity index (χ2v) is 9.20. The van der Waals surface area contributed by atoms with E-state index in [2.05, 4.69) is 22.0 Å². The van der Waals surface area contributed by atoms with E-state index in [0.29, 0.717) is 23.7 Å². The Hall–Kier alpha value is -3.26. The molecule has 6 nitrogen and oxygen atoms in total. The van der Waals surface area contributed by atoms with Gasteiger partial charge in [-0.25, -0.2) is 8.78 Å². The number of aromatic nitrogens is 1. The highest BCUT2D eigenvalue weighted by Gasteiger charge is 2.28. The number of piperazine rings is 1. The fourth-order valence-electron chi connectivity index (χ4n) is 4.16. The quantitative estimate of drug-likeness (QED) is 0.505. The highest BCUT2D eigenvalue weighted by atomic mass is 19.1. The van der Waals surface area contributed by atoms with Gasteiger partial charge in [-0.3, -0.25) is 4.79 Å². The molecule has 0 saturated carbocycles. The molecule has 0 N–H and O–H groups in total. The maximum Gasteiger partial charge on any atom is 0.254 e. The Morgan fingerprint density at radius 2 is 1.59 bits per heavy atom. The van der Waals surface area contributed by atoms with E-state index >= 15 is 0 Å². The fraction of sp³-hybridized carbons (Fsp3) is 0.385. The summed E-state index contributed by atoms with van der Waals surface area (Å²) in [5.41, 5.74) is 2.52. The van der Waals surface area contributed by atoms with E-state index in [-0.39, 0.29) is 30.0 Å². The number of benzene rings is 2. The number of amides is 1. The summed E-state index contributed by atoms with van der Waals surface area (Å²) < 4.78 is 32.9. The van der Waals surface area contributed by atoms with Crippen LogP contribution in [0.4, 0.5) is 14.7 Å². The van der Waals surface area contributed by atoms with Crippen molar-refractivity contribution >= 4 is 11.8 Å². The van der Waals surface area contributed by atoms with Crippen molar-refractivity contribution in [1.82, 2.24) is 15.0 Å². The van der Waals surface area contributed by atoms with Crippen LogP contribution in [0.25, 0.3) is 11.3 Å². The molecular weight excluding hydrogens is 438 g/mol. The Labute approximate surface area is 198 Å². The predicted octanol–water partition coefficient (Wildman–Crippen LogP) is 4.67. The van der Waals surface area contributed by atoms with Crippen molar-refractivity contribution < 1.29 is 18.1 Å². The van der Waals surface area contributed by atoms with Crippen LogP contribution in [-0.4, -0.2) is 60.6 Å². The molecule has 0 atom stereocenters. The number of anilines is 1. The first-order chi connectivity index (χ1) is 16.3. The molecule has 2 heterocycles. The largest absolute Gasteiger partial charge is 0.338 e. The normalized spacial score (nSPS) is 14.6. The van der Waals surface area contributed by atoms with Crippen molar-refractivity contribution in [2.75, 3.05) is 44.7 Å². The predicted molar refractivity (Wildman–Crippen MR) is 128 cm³/mol. The molecule has 1 fully saturated rings. The van der Waals surface area contributed by atoms with E-state index < -0.39 is 0 Å². The summed E-state index contributed by atoms with van der Waals surface area (Å²) in [7, 11) is 2.08. The zero-order valence-electron chi connectivity index (χ0n) is 19.8. The van der Waals surface area contributed by atoms with E-state index in [4.69, 9.17) is 4.52 Å². The zero-order valence-corrected chi connectivity index (χ0v) is 19.8. The van der Waals surface area contributed by atoms with Gasteiger partial charge >= 0.3 is 0 Å². The van der Waals surface area contributed by atoms with Crippen LogP contribution in [0.1, 0.15) is 29.8 Å². The monoisotopic (exact) mass is 468 g/mol. The number of nitrogens with zero attached hydrogens (tertiary/aromatic N) is 4. The SMILES string of the molecule is CC(C)CN(Cc1c(-c2ccc(F)cc2)noc1N1CCN(C)CC1)C(=O)c1ccc(F)cc1. The number of halogens is 2. The van der Waals surface area contributed by atoms with Crippen LogP contribution in [0.5, 0.6) is 0 Å². The molecule has 0 spiro atoms. The van der Waals surface area contributed by atoms with Crippen molar-refractivity contribution in [2.24, 2.45) is 5.92 Å². The van der Waals surface area contributed by atoms with Crippen molar-refractivity contribution in [3.63, 3.8) is 0 Å². The minimum atomic E-state index is -0.387. The van der Waals surface area contributed by atoms with E-state index in [1.54, 1.807) is 17.0 Å². The summed E-state index contributed by atoms with van der Waals surface area (Å²) >= 11 is 0. The number of hydrogen-bond acceptors (Lipinski definition) is 5. The van der Waals surface area contributed by atoms with Crippen LogP contribution in [0.3, 0.4) is 0 Å². The van der Waals surface area contributed by atoms with Crippen molar-refractivity contribution in [1.29, 1.82) is 0 Å². The molecule has 0 bridgehead atoms. The van der Waals surface area contributed by atoms with Gasteiger partial charge in [-0.15, -0.1) is 0 Å². The van der Waals surface area contributed by atoms with E-state index in [9.17, 15) is 13.6 Å². The number of carbonyl (C=O) groups is 1. The molecule has 34 heavy (non-hydrogen) atoms. The van der Waals surface area contributed by atoms with Gasteiger partial charge in [0.25, 0.3) is 5.91 Å². The number of rotatable bonds is 7. The Kier molecular flexibility index (Phi) is 7.26. The molecule has 1 saturated heterocycles. The highest BCUT2D eigenvalue weighted by Crippen LogP contribution is 2.33. The Morgan fingerprint density at radius 1 is 1.00 bits per heavy atom. The molecule has 0 unspecified atom stereocenters. The smallest absolute Gasteiger partial charge is 0.254 e. The summed E-state index contributed by atoms with van der Waals surface area (Å²) in [4.78, 5) is 19.6. The zero-order chi connectivity index (χ0) is 24.2. The van der Waals surface area contributed by atoms with Crippen LogP contribution in [-0.2, 0) is 6.54 Å². The van der Waals surface area contributed by atoms with Gasteiger partial charge in [-0.05, 0) is 61.5 Å². The minimum Gasteiger partial charge on any atom is -0.338 e. The molecule has 4 rings (SSSR count). The van der Waals surface area contributed by atoms with Crippen LogP contribution < -0.4 is 4.90 Å². The molecule has 2 aromatic carbocycles.